The second-order valence-electron chi connectivity index (χ2n) is 2.79. The molecule has 0 aromatic heterocycles. The Morgan fingerprint density at radius 2 is 2.00 bits per heavy atom. The molecular formula is C10H10FN3O. The molecule has 0 fully saturated rings. The Morgan fingerprint density at radius 1 is 1.40 bits per heavy atom. The van der Waals surface area contributed by atoms with Gasteiger partial charge in [0.25, 0.3) is 5.91 Å². The van der Waals surface area contributed by atoms with Gasteiger partial charge in [0.2, 0.25) is 0 Å². The fraction of sp³-hybridized carbons (Fsp3) is 0. The van der Waals surface area contributed by atoms with E-state index in [0.29, 0.717) is 5.56 Å². The van der Waals surface area contributed by atoms with Crippen molar-refractivity contribution in [2.75, 3.05) is 0 Å². The molecule has 0 atom stereocenters. The van der Waals surface area contributed by atoms with E-state index in [1.54, 1.807) is 0 Å². The Morgan fingerprint density at radius 3 is 2.53 bits per heavy atom. The highest BCUT2D eigenvalue weighted by Gasteiger charge is 1.95. The molecule has 0 aliphatic heterocycles. The highest BCUT2D eigenvalue weighted by Crippen LogP contribution is 2.04. The van der Waals surface area contributed by atoms with Crippen molar-refractivity contribution in [1.82, 2.24) is 5.32 Å². The van der Waals surface area contributed by atoms with Gasteiger partial charge in [0, 0.05) is 6.08 Å². The molecule has 1 rings (SSSR count). The van der Waals surface area contributed by atoms with Crippen molar-refractivity contribution in [3.8, 4) is 0 Å². The normalized spacial score (nSPS) is 10.2. The number of carbonyl (C=O) groups excluding carboxylic acids is 1. The zero-order chi connectivity index (χ0) is 11.3. The lowest BCUT2D eigenvalue weighted by molar-refractivity contribution is -0.115. The molecule has 1 aromatic rings. The second-order valence-corrected chi connectivity index (χ2v) is 2.79. The fourth-order valence-electron chi connectivity index (χ4n) is 0.920. The van der Waals surface area contributed by atoms with E-state index in [4.69, 9.17) is 11.1 Å². The molecule has 0 bridgehead atoms. The maximum absolute atomic E-state index is 12.5. The van der Waals surface area contributed by atoms with Crippen molar-refractivity contribution in [3.05, 3.63) is 41.7 Å². The molecule has 5 heteroatoms. The Hall–Kier alpha value is -2.17. The van der Waals surface area contributed by atoms with Crippen LogP contribution in [0.4, 0.5) is 4.39 Å². The number of amides is 1. The zero-order valence-corrected chi connectivity index (χ0v) is 7.83. The molecule has 0 saturated heterocycles. The number of nitrogens with two attached hydrogens (primary N) is 1. The van der Waals surface area contributed by atoms with E-state index in [1.807, 2.05) is 0 Å². The molecule has 0 aliphatic rings. The van der Waals surface area contributed by atoms with Crippen LogP contribution in [0.1, 0.15) is 5.56 Å². The van der Waals surface area contributed by atoms with E-state index in [0.717, 1.165) is 0 Å². The lowest BCUT2D eigenvalue weighted by Crippen LogP contribution is -2.34. The molecule has 0 aliphatic carbocycles. The third kappa shape index (κ3) is 4.04. The quantitative estimate of drug-likeness (QED) is 0.382. The van der Waals surface area contributed by atoms with Gasteiger partial charge in [0.15, 0.2) is 5.96 Å². The van der Waals surface area contributed by atoms with Crippen LogP contribution >= 0.6 is 0 Å². The van der Waals surface area contributed by atoms with Crippen LogP contribution in [-0.2, 0) is 4.79 Å². The van der Waals surface area contributed by atoms with Gasteiger partial charge >= 0.3 is 0 Å². The van der Waals surface area contributed by atoms with Gasteiger partial charge in [0.1, 0.15) is 5.82 Å². The van der Waals surface area contributed by atoms with Crippen LogP contribution < -0.4 is 11.1 Å². The van der Waals surface area contributed by atoms with Gasteiger partial charge in [-0.25, -0.2) is 4.39 Å². The summed E-state index contributed by atoms with van der Waals surface area (Å²) in [6.07, 6.45) is 2.71. The van der Waals surface area contributed by atoms with Crippen LogP contribution in [0.3, 0.4) is 0 Å². The molecule has 0 saturated carbocycles. The van der Waals surface area contributed by atoms with Crippen LogP contribution in [0.25, 0.3) is 6.08 Å². The summed E-state index contributed by atoms with van der Waals surface area (Å²) in [5.74, 6) is -1.24. The van der Waals surface area contributed by atoms with Crippen molar-refractivity contribution >= 4 is 17.9 Å². The molecule has 4 nitrogen and oxygen atoms in total. The molecule has 15 heavy (non-hydrogen) atoms. The predicted octanol–water partition coefficient (Wildman–Crippen LogP) is 0.849. The minimum absolute atomic E-state index is 0.333. The van der Waals surface area contributed by atoms with Crippen molar-refractivity contribution in [2.24, 2.45) is 5.73 Å². The van der Waals surface area contributed by atoms with Crippen molar-refractivity contribution in [1.29, 1.82) is 5.41 Å². The molecule has 0 unspecified atom stereocenters. The molecular weight excluding hydrogens is 197 g/mol. The molecule has 1 amide bonds. The van der Waals surface area contributed by atoms with Crippen molar-refractivity contribution in [2.45, 2.75) is 0 Å². The highest BCUT2D eigenvalue weighted by molar-refractivity contribution is 6.02. The summed E-state index contributed by atoms with van der Waals surface area (Å²) in [5.41, 5.74) is 5.64. The number of benzene rings is 1. The van der Waals surface area contributed by atoms with E-state index in [9.17, 15) is 9.18 Å². The third-order valence-electron chi connectivity index (χ3n) is 1.56. The smallest absolute Gasteiger partial charge is 0.250 e. The topological polar surface area (TPSA) is 79.0 Å². The summed E-state index contributed by atoms with van der Waals surface area (Å²) in [6, 6.07) is 5.66. The molecule has 0 spiro atoms. The molecule has 78 valence electrons. The summed E-state index contributed by atoms with van der Waals surface area (Å²) in [6.45, 7) is 0. The summed E-state index contributed by atoms with van der Waals surface area (Å²) < 4.78 is 12.5. The van der Waals surface area contributed by atoms with E-state index in [1.165, 1.54) is 36.4 Å². The first-order valence-corrected chi connectivity index (χ1v) is 4.16. The van der Waals surface area contributed by atoms with Gasteiger partial charge in [-0.05, 0) is 23.8 Å². The van der Waals surface area contributed by atoms with Crippen molar-refractivity contribution in [3.63, 3.8) is 0 Å². The predicted molar refractivity (Wildman–Crippen MR) is 55.5 cm³/mol. The van der Waals surface area contributed by atoms with Gasteiger partial charge in [-0.3, -0.25) is 15.5 Å². The standard InChI is InChI=1S/C10H10FN3O/c11-8-4-1-7(2-5-8)3-6-9(15)14-10(12)13/h1-6H,(H4,12,13,14,15)/b6-3+. The number of rotatable bonds is 2. The number of halogens is 1. The number of hydrogen-bond acceptors (Lipinski definition) is 2. The Kier molecular flexibility index (Phi) is 3.56. The average molecular weight is 207 g/mol. The second kappa shape index (κ2) is 4.90. The maximum Gasteiger partial charge on any atom is 0.250 e. The summed E-state index contributed by atoms with van der Waals surface area (Å²) >= 11 is 0. The molecule has 0 heterocycles. The van der Waals surface area contributed by atoms with Gasteiger partial charge in [0.05, 0.1) is 0 Å². The molecule has 4 N–H and O–H groups in total. The van der Waals surface area contributed by atoms with E-state index >= 15 is 0 Å². The summed E-state index contributed by atoms with van der Waals surface area (Å²) in [7, 11) is 0. The summed E-state index contributed by atoms with van der Waals surface area (Å²) in [5, 5.41) is 8.88. The average Bonchev–Trinajstić information content (AvgIpc) is 2.16. The van der Waals surface area contributed by atoms with E-state index in [2.05, 4.69) is 5.32 Å². The Labute approximate surface area is 86.1 Å². The van der Waals surface area contributed by atoms with Crippen LogP contribution in [-0.4, -0.2) is 11.9 Å². The third-order valence-corrected chi connectivity index (χ3v) is 1.56. The van der Waals surface area contributed by atoms with E-state index < -0.39 is 11.9 Å². The van der Waals surface area contributed by atoms with Gasteiger partial charge in [-0.2, -0.15) is 0 Å². The lowest BCUT2D eigenvalue weighted by atomic mass is 10.2. The van der Waals surface area contributed by atoms with Gasteiger partial charge in [-0.15, -0.1) is 0 Å². The van der Waals surface area contributed by atoms with Crippen molar-refractivity contribution < 1.29 is 9.18 Å². The van der Waals surface area contributed by atoms with Gasteiger partial charge in [-0.1, -0.05) is 12.1 Å². The largest absolute Gasteiger partial charge is 0.370 e. The number of hydrogen-bond donors (Lipinski definition) is 3. The van der Waals surface area contributed by atoms with Crippen LogP contribution in [0, 0.1) is 11.2 Å². The van der Waals surface area contributed by atoms with Crippen LogP contribution in [0.5, 0.6) is 0 Å². The Bertz CT molecular complexity index is 398. The number of guanidine groups is 1. The van der Waals surface area contributed by atoms with E-state index in [-0.39, 0.29) is 5.82 Å². The first-order chi connectivity index (χ1) is 7.08. The maximum atomic E-state index is 12.5. The Balaban J connectivity index is 2.61. The monoisotopic (exact) mass is 207 g/mol. The van der Waals surface area contributed by atoms with Crippen LogP contribution in [0.2, 0.25) is 0 Å². The number of nitrogens with one attached hydrogen (secondary N) is 2. The minimum Gasteiger partial charge on any atom is -0.370 e. The summed E-state index contributed by atoms with van der Waals surface area (Å²) in [4.78, 5) is 11.0. The highest BCUT2D eigenvalue weighted by atomic mass is 19.1. The first kappa shape index (κ1) is 10.9. The first-order valence-electron chi connectivity index (χ1n) is 4.16. The molecule has 0 radical (unpaired) electrons. The molecule has 1 aromatic carbocycles. The number of carbonyl (C=O) groups is 1. The minimum atomic E-state index is -0.494. The lowest BCUT2D eigenvalue weighted by Gasteiger charge is -1.96. The fourth-order valence-corrected chi connectivity index (χ4v) is 0.920. The zero-order valence-electron chi connectivity index (χ0n) is 7.83. The van der Waals surface area contributed by atoms with Gasteiger partial charge < -0.3 is 5.73 Å². The SMILES string of the molecule is N=C(N)NC(=O)/C=C/c1ccc(F)cc1. The van der Waals surface area contributed by atoms with Crippen LogP contribution in [0.15, 0.2) is 30.3 Å².